The Bertz CT molecular complexity index is 1250. The van der Waals surface area contributed by atoms with Gasteiger partial charge >= 0.3 is 5.97 Å². The Kier molecular flexibility index (Phi) is 7.34. The van der Waals surface area contributed by atoms with E-state index in [-0.39, 0.29) is 5.57 Å². The van der Waals surface area contributed by atoms with Crippen LogP contribution >= 0.6 is 11.3 Å². The van der Waals surface area contributed by atoms with Gasteiger partial charge in [0.15, 0.2) is 11.5 Å². The third kappa shape index (κ3) is 4.85. The molecular formula is C28H28N2O3S. The SMILES string of the molecule is CCCCCC(CC)N1c2ccccc2Oc2ccc(-c3ccc(/C=C(/C#N)C(=O)O)s3)cc21. The molecule has 0 aliphatic carbocycles. The van der Waals surface area contributed by atoms with E-state index in [1.165, 1.54) is 36.7 Å². The summed E-state index contributed by atoms with van der Waals surface area (Å²) >= 11 is 1.47. The van der Waals surface area contributed by atoms with E-state index < -0.39 is 5.97 Å². The van der Waals surface area contributed by atoms with E-state index in [4.69, 9.17) is 15.1 Å². The summed E-state index contributed by atoms with van der Waals surface area (Å²) in [6.07, 6.45) is 7.17. The van der Waals surface area contributed by atoms with Crippen LogP contribution in [-0.4, -0.2) is 17.1 Å². The number of hydrogen-bond acceptors (Lipinski definition) is 5. The van der Waals surface area contributed by atoms with Gasteiger partial charge in [0.25, 0.3) is 0 Å². The third-order valence-corrected chi connectivity index (χ3v) is 7.17. The fourth-order valence-corrected chi connectivity index (χ4v) is 5.29. The van der Waals surface area contributed by atoms with Crippen LogP contribution in [0.3, 0.4) is 0 Å². The number of ether oxygens (including phenoxy) is 1. The van der Waals surface area contributed by atoms with Crippen molar-refractivity contribution in [2.75, 3.05) is 4.90 Å². The maximum absolute atomic E-state index is 11.2. The second-order valence-corrected chi connectivity index (χ2v) is 9.47. The molecule has 1 aliphatic heterocycles. The van der Waals surface area contributed by atoms with Crippen LogP contribution in [0.5, 0.6) is 11.5 Å². The molecule has 1 N–H and O–H groups in total. The zero-order chi connectivity index (χ0) is 24.1. The quantitative estimate of drug-likeness (QED) is 0.194. The van der Waals surface area contributed by atoms with E-state index in [9.17, 15) is 4.79 Å². The zero-order valence-corrected chi connectivity index (χ0v) is 20.3. The first kappa shape index (κ1) is 23.6. The minimum atomic E-state index is -1.22. The molecule has 2 aromatic carbocycles. The molecule has 1 aromatic heterocycles. The van der Waals surface area contributed by atoms with Crippen LogP contribution in [0.1, 0.15) is 50.8 Å². The number of carboxylic acids is 1. The number of nitriles is 1. The van der Waals surface area contributed by atoms with Gasteiger partial charge < -0.3 is 14.7 Å². The van der Waals surface area contributed by atoms with Gasteiger partial charge in [0.1, 0.15) is 11.6 Å². The van der Waals surface area contributed by atoms with E-state index in [1.54, 1.807) is 6.07 Å². The summed E-state index contributed by atoms with van der Waals surface area (Å²) in [5.41, 5.74) is 2.90. The second-order valence-electron chi connectivity index (χ2n) is 8.36. The summed E-state index contributed by atoms with van der Waals surface area (Å²) in [5.74, 6) is 0.495. The van der Waals surface area contributed by atoms with Gasteiger partial charge in [-0.2, -0.15) is 5.26 Å². The van der Waals surface area contributed by atoms with E-state index in [2.05, 4.69) is 36.9 Å². The summed E-state index contributed by atoms with van der Waals surface area (Å²) in [6, 6.07) is 20.3. The van der Waals surface area contributed by atoms with Crippen LogP contribution in [0.25, 0.3) is 16.5 Å². The largest absolute Gasteiger partial charge is 0.477 e. The first-order valence-electron chi connectivity index (χ1n) is 11.7. The number of para-hydroxylation sites is 2. The lowest BCUT2D eigenvalue weighted by molar-refractivity contribution is -0.132. The Morgan fingerprint density at radius 3 is 2.65 bits per heavy atom. The monoisotopic (exact) mass is 472 g/mol. The molecule has 3 aromatic rings. The first-order valence-corrected chi connectivity index (χ1v) is 12.5. The number of anilines is 2. The summed E-state index contributed by atoms with van der Waals surface area (Å²) in [6.45, 7) is 4.47. The van der Waals surface area contributed by atoms with Crippen molar-refractivity contribution in [3.63, 3.8) is 0 Å². The topological polar surface area (TPSA) is 73.6 Å². The number of carboxylic acid groups (broad SMARTS) is 1. The zero-order valence-electron chi connectivity index (χ0n) is 19.5. The van der Waals surface area contributed by atoms with Crippen LogP contribution < -0.4 is 9.64 Å². The molecule has 0 saturated heterocycles. The van der Waals surface area contributed by atoms with Gasteiger partial charge in [-0.15, -0.1) is 11.3 Å². The minimum Gasteiger partial charge on any atom is -0.477 e. The van der Waals surface area contributed by atoms with E-state index >= 15 is 0 Å². The molecule has 1 aliphatic rings. The van der Waals surface area contributed by atoms with Gasteiger partial charge in [0, 0.05) is 15.8 Å². The fraction of sp³-hybridized carbons (Fsp3) is 0.286. The summed E-state index contributed by atoms with van der Waals surface area (Å²) < 4.78 is 6.27. The fourth-order valence-electron chi connectivity index (χ4n) is 4.34. The van der Waals surface area contributed by atoms with Crippen LogP contribution in [0.15, 0.2) is 60.2 Å². The van der Waals surface area contributed by atoms with Gasteiger partial charge in [0.2, 0.25) is 0 Å². The Hall–Kier alpha value is -3.56. The van der Waals surface area contributed by atoms with Crippen LogP contribution in [0.4, 0.5) is 11.4 Å². The van der Waals surface area contributed by atoms with E-state index in [0.717, 1.165) is 51.0 Å². The van der Waals surface area contributed by atoms with Gasteiger partial charge in [-0.25, -0.2) is 4.79 Å². The van der Waals surface area contributed by atoms with E-state index in [0.29, 0.717) is 6.04 Å². The summed E-state index contributed by atoms with van der Waals surface area (Å²) in [7, 11) is 0. The van der Waals surface area contributed by atoms with Gasteiger partial charge in [-0.3, -0.25) is 0 Å². The van der Waals surface area contributed by atoms with Crippen molar-refractivity contribution in [1.29, 1.82) is 5.26 Å². The molecule has 0 fully saturated rings. The number of unbranched alkanes of at least 4 members (excludes halogenated alkanes) is 2. The molecule has 2 heterocycles. The average Bonchev–Trinajstić information content (AvgIpc) is 3.32. The molecule has 1 unspecified atom stereocenters. The molecule has 5 nitrogen and oxygen atoms in total. The first-order chi connectivity index (χ1) is 16.5. The van der Waals surface area contributed by atoms with Gasteiger partial charge in [-0.05, 0) is 66.9 Å². The maximum Gasteiger partial charge on any atom is 0.346 e. The van der Waals surface area contributed by atoms with Crippen molar-refractivity contribution in [3.8, 4) is 28.0 Å². The summed E-state index contributed by atoms with van der Waals surface area (Å²) in [4.78, 5) is 15.4. The molecular weight excluding hydrogens is 444 g/mol. The molecule has 0 radical (unpaired) electrons. The highest BCUT2D eigenvalue weighted by molar-refractivity contribution is 7.16. The van der Waals surface area contributed by atoms with Crippen molar-refractivity contribution in [2.24, 2.45) is 0 Å². The molecule has 0 saturated carbocycles. The van der Waals surface area contributed by atoms with Gasteiger partial charge in [0.05, 0.1) is 11.4 Å². The number of hydrogen-bond donors (Lipinski definition) is 1. The lowest BCUT2D eigenvalue weighted by Gasteiger charge is -2.38. The van der Waals surface area contributed by atoms with Crippen LogP contribution in [0, 0.1) is 11.3 Å². The minimum absolute atomic E-state index is 0.270. The molecule has 34 heavy (non-hydrogen) atoms. The van der Waals surface area contributed by atoms with Crippen molar-refractivity contribution in [1.82, 2.24) is 0 Å². The van der Waals surface area contributed by atoms with Crippen molar-refractivity contribution < 1.29 is 14.6 Å². The number of aliphatic carboxylic acids is 1. The highest BCUT2D eigenvalue weighted by Gasteiger charge is 2.29. The van der Waals surface area contributed by atoms with Crippen molar-refractivity contribution in [2.45, 2.75) is 52.0 Å². The second kappa shape index (κ2) is 10.6. The number of benzene rings is 2. The number of thiophene rings is 1. The predicted octanol–water partition coefficient (Wildman–Crippen LogP) is 8.01. The lowest BCUT2D eigenvalue weighted by atomic mass is 10.00. The molecule has 1 atom stereocenters. The summed E-state index contributed by atoms with van der Waals surface area (Å²) in [5, 5.41) is 18.2. The predicted molar refractivity (Wildman–Crippen MR) is 138 cm³/mol. The molecule has 4 rings (SSSR count). The Morgan fingerprint density at radius 1 is 1.12 bits per heavy atom. The number of rotatable bonds is 9. The molecule has 0 amide bonds. The molecule has 0 spiro atoms. The average molecular weight is 473 g/mol. The number of carbonyl (C=O) groups is 1. The Morgan fingerprint density at radius 2 is 1.91 bits per heavy atom. The third-order valence-electron chi connectivity index (χ3n) is 6.09. The maximum atomic E-state index is 11.2. The number of nitrogens with zero attached hydrogens (tertiary/aromatic N) is 2. The number of fused-ring (bicyclic) bond motifs is 2. The Balaban J connectivity index is 1.73. The lowest BCUT2D eigenvalue weighted by Crippen LogP contribution is -2.32. The van der Waals surface area contributed by atoms with Crippen LogP contribution in [-0.2, 0) is 4.79 Å². The smallest absolute Gasteiger partial charge is 0.346 e. The standard InChI is InChI=1S/C28H28N2O3S/c1-3-5-6-9-21(4-2)30-23-10-7-8-11-25(23)33-26-14-12-19(17-24(26)30)27-15-13-22(34-27)16-20(18-29)28(31)32/h7-8,10-17,21H,3-6,9H2,1-2H3,(H,31,32)/b20-16-. The van der Waals surface area contributed by atoms with Crippen molar-refractivity contribution in [3.05, 3.63) is 65.0 Å². The molecule has 0 bridgehead atoms. The Labute approximate surface area is 204 Å². The molecule has 174 valence electrons. The van der Waals surface area contributed by atoms with E-state index in [1.807, 2.05) is 36.4 Å². The van der Waals surface area contributed by atoms with Crippen molar-refractivity contribution >= 4 is 34.8 Å². The highest BCUT2D eigenvalue weighted by Crippen LogP contribution is 2.50. The normalized spacial score (nSPS) is 13.4. The van der Waals surface area contributed by atoms with Crippen LogP contribution in [0.2, 0.25) is 0 Å². The molecule has 6 heteroatoms. The highest BCUT2D eigenvalue weighted by atomic mass is 32.1. The van der Waals surface area contributed by atoms with Gasteiger partial charge in [-0.1, -0.05) is 45.2 Å².